The number of para-hydroxylation sites is 1. The molecule has 1 aliphatic heterocycles. The molecule has 2 aromatic carbocycles. The van der Waals surface area contributed by atoms with Crippen LogP contribution in [0.15, 0.2) is 54.6 Å². The minimum absolute atomic E-state index is 0.00621. The molecule has 5 nitrogen and oxygen atoms in total. The minimum atomic E-state index is -0.418. The van der Waals surface area contributed by atoms with E-state index in [0.29, 0.717) is 6.54 Å². The van der Waals surface area contributed by atoms with Crippen LogP contribution in [0.25, 0.3) is 10.2 Å². The number of rotatable bonds is 5. The Morgan fingerprint density at radius 3 is 2.74 bits per heavy atom. The Morgan fingerprint density at radius 1 is 1.22 bits per heavy atom. The molecule has 0 unspecified atom stereocenters. The highest BCUT2D eigenvalue weighted by Gasteiger charge is 2.37. The van der Waals surface area contributed by atoms with Crippen LogP contribution in [0.1, 0.15) is 30.0 Å². The molecule has 1 amide bonds. The second-order valence-electron chi connectivity index (χ2n) is 6.72. The van der Waals surface area contributed by atoms with Gasteiger partial charge in [0, 0.05) is 13.0 Å². The van der Waals surface area contributed by atoms with E-state index in [2.05, 4.69) is 4.98 Å². The number of nitrogens with zero attached hydrogens (tertiary/aromatic N) is 2. The second kappa shape index (κ2) is 7.48. The number of hydrogen-bond donors (Lipinski definition) is 0. The SMILES string of the molecule is C[C@H](c1ccccc1)N1C[C@@H](C(=O)OCc2nc3ccccc3s2)CC1=O. The summed E-state index contributed by atoms with van der Waals surface area (Å²) in [6.07, 6.45) is 0.204. The summed E-state index contributed by atoms with van der Waals surface area (Å²) in [6, 6.07) is 17.6. The fraction of sp³-hybridized carbons (Fsp3) is 0.286. The first-order valence-corrected chi connectivity index (χ1v) is 9.79. The number of carbonyl (C=O) groups is 2. The number of benzene rings is 2. The Morgan fingerprint density at radius 2 is 1.96 bits per heavy atom. The highest BCUT2D eigenvalue weighted by atomic mass is 32.1. The van der Waals surface area contributed by atoms with E-state index >= 15 is 0 Å². The van der Waals surface area contributed by atoms with Gasteiger partial charge in [-0.1, -0.05) is 42.5 Å². The molecule has 1 fully saturated rings. The van der Waals surface area contributed by atoms with Gasteiger partial charge in [-0.25, -0.2) is 4.98 Å². The molecule has 0 N–H and O–H groups in total. The molecule has 1 aromatic heterocycles. The van der Waals surface area contributed by atoms with Crippen molar-refractivity contribution in [1.82, 2.24) is 9.88 Å². The maximum absolute atomic E-state index is 12.5. The van der Waals surface area contributed by atoms with Crippen LogP contribution in [0.5, 0.6) is 0 Å². The Bertz CT molecular complexity index is 937. The number of amides is 1. The molecule has 0 radical (unpaired) electrons. The van der Waals surface area contributed by atoms with Crippen molar-refractivity contribution in [2.75, 3.05) is 6.54 Å². The molecular weight excluding hydrogens is 360 g/mol. The Labute approximate surface area is 161 Å². The average Bonchev–Trinajstić information content (AvgIpc) is 3.29. The summed E-state index contributed by atoms with van der Waals surface area (Å²) in [7, 11) is 0. The van der Waals surface area contributed by atoms with E-state index in [9.17, 15) is 9.59 Å². The summed E-state index contributed by atoms with van der Waals surface area (Å²) >= 11 is 1.52. The summed E-state index contributed by atoms with van der Waals surface area (Å²) in [5.41, 5.74) is 1.97. The number of hydrogen-bond acceptors (Lipinski definition) is 5. The zero-order chi connectivity index (χ0) is 18.8. The van der Waals surface area contributed by atoms with Gasteiger partial charge in [0.1, 0.15) is 11.6 Å². The maximum Gasteiger partial charge on any atom is 0.311 e. The van der Waals surface area contributed by atoms with Crippen molar-refractivity contribution in [1.29, 1.82) is 0 Å². The van der Waals surface area contributed by atoms with Gasteiger partial charge in [-0.05, 0) is 24.6 Å². The van der Waals surface area contributed by atoms with Crippen LogP contribution in [0, 0.1) is 5.92 Å². The number of fused-ring (bicyclic) bond motifs is 1. The number of carbonyl (C=O) groups excluding carboxylic acids is 2. The van der Waals surface area contributed by atoms with Crippen LogP contribution in [-0.4, -0.2) is 28.3 Å². The van der Waals surface area contributed by atoms with Crippen LogP contribution in [-0.2, 0) is 20.9 Å². The van der Waals surface area contributed by atoms with Gasteiger partial charge < -0.3 is 9.64 Å². The van der Waals surface area contributed by atoms with Gasteiger partial charge in [-0.2, -0.15) is 0 Å². The highest BCUT2D eigenvalue weighted by molar-refractivity contribution is 7.18. The number of ether oxygens (including phenoxy) is 1. The van der Waals surface area contributed by atoms with Crippen LogP contribution in [0.3, 0.4) is 0 Å². The monoisotopic (exact) mass is 380 g/mol. The molecule has 0 aliphatic carbocycles. The van der Waals surface area contributed by atoms with Crippen LogP contribution >= 0.6 is 11.3 Å². The third-order valence-electron chi connectivity index (χ3n) is 4.92. The predicted octanol–water partition coefficient (Wildman–Crippen LogP) is 3.95. The van der Waals surface area contributed by atoms with Crippen molar-refractivity contribution in [2.24, 2.45) is 5.92 Å². The summed E-state index contributed by atoms with van der Waals surface area (Å²) in [4.78, 5) is 31.1. The number of thiazole rings is 1. The zero-order valence-corrected chi connectivity index (χ0v) is 15.8. The normalized spacial score (nSPS) is 18.0. The van der Waals surface area contributed by atoms with Crippen LogP contribution in [0.4, 0.5) is 0 Å². The molecule has 6 heteroatoms. The quantitative estimate of drug-likeness (QED) is 0.629. The average molecular weight is 380 g/mol. The van der Waals surface area contributed by atoms with Crippen molar-refractivity contribution >= 4 is 33.4 Å². The van der Waals surface area contributed by atoms with Gasteiger partial charge in [-0.15, -0.1) is 11.3 Å². The number of likely N-dealkylation sites (tertiary alicyclic amines) is 1. The molecule has 1 aliphatic rings. The van der Waals surface area contributed by atoms with E-state index in [1.54, 1.807) is 4.90 Å². The predicted molar refractivity (Wildman–Crippen MR) is 104 cm³/mol. The Kier molecular flexibility index (Phi) is 4.90. The molecule has 138 valence electrons. The van der Waals surface area contributed by atoms with Gasteiger partial charge >= 0.3 is 5.97 Å². The van der Waals surface area contributed by atoms with Gasteiger partial charge in [0.2, 0.25) is 5.91 Å². The Balaban J connectivity index is 1.37. The number of aromatic nitrogens is 1. The Hall–Kier alpha value is -2.73. The first-order valence-electron chi connectivity index (χ1n) is 8.97. The van der Waals surface area contributed by atoms with Crippen molar-refractivity contribution in [3.05, 3.63) is 65.2 Å². The van der Waals surface area contributed by atoms with E-state index in [1.807, 2.05) is 61.5 Å². The molecule has 2 heterocycles. The fourth-order valence-corrected chi connectivity index (χ4v) is 4.29. The molecule has 3 aromatic rings. The number of esters is 1. The third kappa shape index (κ3) is 3.71. The van der Waals surface area contributed by atoms with Crippen LogP contribution in [0.2, 0.25) is 0 Å². The summed E-state index contributed by atoms with van der Waals surface area (Å²) in [6.45, 7) is 2.53. The van der Waals surface area contributed by atoms with Gasteiger partial charge in [-0.3, -0.25) is 9.59 Å². The molecule has 1 saturated heterocycles. The van der Waals surface area contributed by atoms with Gasteiger partial charge in [0.05, 0.1) is 22.2 Å². The molecular formula is C21H20N2O3S. The summed E-state index contributed by atoms with van der Waals surface area (Å²) < 4.78 is 6.53. The lowest BCUT2D eigenvalue weighted by atomic mass is 10.1. The van der Waals surface area contributed by atoms with Crippen molar-refractivity contribution in [3.8, 4) is 0 Å². The molecule has 4 rings (SSSR count). The zero-order valence-electron chi connectivity index (χ0n) is 15.0. The molecule has 27 heavy (non-hydrogen) atoms. The van der Waals surface area contributed by atoms with E-state index in [4.69, 9.17) is 4.74 Å². The lowest BCUT2D eigenvalue weighted by molar-refractivity contribution is -0.149. The topological polar surface area (TPSA) is 59.5 Å². The third-order valence-corrected chi connectivity index (χ3v) is 5.93. The van der Waals surface area contributed by atoms with E-state index in [-0.39, 0.29) is 30.9 Å². The van der Waals surface area contributed by atoms with Crippen molar-refractivity contribution < 1.29 is 14.3 Å². The van der Waals surface area contributed by atoms with Crippen molar-refractivity contribution in [2.45, 2.75) is 26.0 Å². The molecule has 0 spiro atoms. The second-order valence-corrected chi connectivity index (χ2v) is 7.83. The maximum atomic E-state index is 12.5. The first-order chi connectivity index (χ1) is 13.1. The van der Waals surface area contributed by atoms with E-state index in [0.717, 1.165) is 20.8 Å². The molecule has 2 atom stereocenters. The van der Waals surface area contributed by atoms with Crippen molar-refractivity contribution in [3.63, 3.8) is 0 Å². The van der Waals surface area contributed by atoms with Gasteiger partial charge in [0.15, 0.2) is 0 Å². The lowest BCUT2D eigenvalue weighted by Crippen LogP contribution is -2.29. The first kappa shape index (κ1) is 17.7. The minimum Gasteiger partial charge on any atom is -0.458 e. The van der Waals surface area contributed by atoms with Gasteiger partial charge in [0.25, 0.3) is 0 Å². The van der Waals surface area contributed by atoms with E-state index in [1.165, 1.54) is 11.3 Å². The lowest BCUT2D eigenvalue weighted by Gasteiger charge is -2.25. The summed E-state index contributed by atoms with van der Waals surface area (Å²) in [5.74, 6) is -0.753. The standard InChI is InChI=1S/C21H20N2O3S/c1-14(15-7-3-2-4-8-15)23-12-16(11-20(23)24)21(25)26-13-19-22-17-9-5-6-10-18(17)27-19/h2-10,14,16H,11-13H2,1H3/t14-,16+/m1/s1. The van der Waals surface area contributed by atoms with E-state index < -0.39 is 5.92 Å². The largest absolute Gasteiger partial charge is 0.458 e. The van der Waals surface area contributed by atoms with Crippen LogP contribution < -0.4 is 0 Å². The summed E-state index contributed by atoms with van der Waals surface area (Å²) in [5, 5.41) is 0.767. The molecule has 0 bridgehead atoms. The molecule has 0 saturated carbocycles. The fourth-order valence-electron chi connectivity index (χ4n) is 3.41. The highest BCUT2D eigenvalue weighted by Crippen LogP contribution is 2.29. The smallest absolute Gasteiger partial charge is 0.311 e.